The molecule has 0 saturated heterocycles. The number of aromatic hydroxyl groups is 1. The van der Waals surface area contributed by atoms with Crippen molar-refractivity contribution in [3.8, 4) is 33.7 Å². The van der Waals surface area contributed by atoms with E-state index in [2.05, 4.69) is 20.3 Å². The number of para-hydroxylation sites is 1. The van der Waals surface area contributed by atoms with Gasteiger partial charge in [-0.05, 0) is 85.3 Å². The van der Waals surface area contributed by atoms with Gasteiger partial charge in [0.05, 0.1) is 11.4 Å². The standard InChI is InChI=1S/C34H28FN5O2/c1-20-16-24(14-15-36-20)27-11-7-8-25-18-30(40(34(42)32(25)27)26-9-5-4-6-10-26)21(2)38-33-28(19-37-22(3)39-33)23-12-13-31(41)29(35)17-23/h4-19,21,41H,1-3H3,(H,37,38,39)/t21-/m0/s1. The molecule has 3 aromatic heterocycles. The lowest BCUT2D eigenvalue weighted by Gasteiger charge is -2.23. The molecule has 3 aromatic carbocycles. The lowest BCUT2D eigenvalue weighted by atomic mass is 9.98. The van der Waals surface area contributed by atoms with Gasteiger partial charge in [-0.15, -0.1) is 0 Å². The quantitative estimate of drug-likeness (QED) is 0.226. The number of phenols is 1. The van der Waals surface area contributed by atoms with Crippen molar-refractivity contribution in [1.29, 1.82) is 0 Å². The van der Waals surface area contributed by atoms with Crippen LogP contribution in [-0.4, -0.2) is 24.6 Å². The molecule has 7 nitrogen and oxygen atoms in total. The average Bonchev–Trinajstić information content (AvgIpc) is 2.99. The summed E-state index contributed by atoms with van der Waals surface area (Å²) in [7, 11) is 0. The average molecular weight is 558 g/mol. The van der Waals surface area contributed by atoms with Crippen LogP contribution in [0.2, 0.25) is 0 Å². The number of aryl methyl sites for hydroxylation is 2. The van der Waals surface area contributed by atoms with Crippen LogP contribution >= 0.6 is 0 Å². The summed E-state index contributed by atoms with van der Waals surface area (Å²) in [6, 6.07) is 25.0. The van der Waals surface area contributed by atoms with Crippen molar-refractivity contribution in [1.82, 2.24) is 19.5 Å². The third-order valence-electron chi connectivity index (χ3n) is 7.26. The summed E-state index contributed by atoms with van der Waals surface area (Å²) in [6.45, 7) is 5.65. The molecule has 2 N–H and O–H groups in total. The van der Waals surface area contributed by atoms with Crippen molar-refractivity contribution >= 4 is 16.6 Å². The van der Waals surface area contributed by atoms with Gasteiger partial charge in [0.2, 0.25) is 0 Å². The van der Waals surface area contributed by atoms with Crippen LogP contribution in [0.3, 0.4) is 0 Å². The number of aromatic nitrogens is 4. The van der Waals surface area contributed by atoms with Crippen LogP contribution in [0.4, 0.5) is 10.2 Å². The Hall–Kier alpha value is -5.37. The predicted octanol–water partition coefficient (Wildman–Crippen LogP) is 7.14. The summed E-state index contributed by atoms with van der Waals surface area (Å²) in [5.41, 5.74) is 5.01. The smallest absolute Gasteiger partial charge is 0.263 e. The van der Waals surface area contributed by atoms with Crippen LogP contribution in [0.15, 0.2) is 102 Å². The first-order valence-corrected chi connectivity index (χ1v) is 13.6. The normalized spacial score (nSPS) is 11.9. The van der Waals surface area contributed by atoms with Crippen molar-refractivity contribution in [2.45, 2.75) is 26.8 Å². The Morgan fingerprint density at radius 3 is 2.43 bits per heavy atom. The Morgan fingerprint density at radius 1 is 0.881 bits per heavy atom. The second-order valence-electron chi connectivity index (χ2n) is 10.2. The van der Waals surface area contributed by atoms with Gasteiger partial charge in [-0.1, -0.05) is 42.5 Å². The zero-order valence-corrected chi connectivity index (χ0v) is 23.3. The topological polar surface area (TPSA) is 92.9 Å². The monoisotopic (exact) mass is 557 g/mol. The number of anilines is 1. The van der Waals surface area contributed by atoms with Crippen LogP contribution in [-0.2, 0) is 0 Å². The Labute approximate surface area is 242 Å². The largest absolute Gasteiger partial charge is 0.505 e. The Balaban J connectivity index is 1.53. The number of nitrogens with one attached hydrogen (secondary N) is 1. The summed E-state index contributed by atoms with van der Waals surface area (Å²) < 4.78 is 16.0. The molecule has 0 unspecified atom stereocenters. The zero-order valence-electron chi connectivity index (χ0n) is 23.3. The first kappa shape index (κ1) is 26.8. The van der Waals surface area contributed by atoms with Gasteiger partial charge in [-0.25, -0.2) is 14.4 Å². The molecule has 0 amide bonds. The fraction of sp³-hybridized carbons (Fsp3) is 0.118. The summed E-state index contributed by atoms with van der Waals surface area (Å²) in [5, 5.41) is 14.6. The molecule has 0 aliphatic carbocycles. The number of benzene rings is 3. The molecule has 3 heterocycles. The molecule has 0 fully saturated rings. The van der Waals surface area contributed by atoms with Gasteiger partial charge in [0.25, 0.3) is 5.56 Å². The lowest BCUT2D eigenvalue weighted by molar-refractivity contribution is 0.432. The second kappa shape index (κ2) is 10.9. The molecule has 6 aromatic rings. The molecular weight excluding hydrogens is 529 g/mol. The highest BCUT2D eigenvalue weighted by Gasteiger charge is 2.21. The molecule has 208 valence electrons. The van der Waals surface area contributed by atoms with Crippen LogP contribution in [0.5, 0.6) is 5.75 Å². The summed E-state index contributed by atoms with van der Waals surface area (Å²) >= 11 is 0. The van der Waals surface area contributed by atoms with Crippen molar-refractivity contribution in [3.63, 3.8) is 0 Å². The van der Waals surface area contributed by atoms with Gasteiger partial charge in [-0.3, -0.25) is 14.3 Å². The summed E-state index contributed by atoms with van der Waals surface area (Å²) in [5.74, 6) is -0.157. The van der Waals surface area contributed by atoms with E-state index in [0.29, 0.717) is 28.2 Å². The van der Waals surface area contributed by atoms with Crippen molar-refractivity contribution in [2.75, 3.05) is 5.32 Å². The fourth-order valence-electron chi connectivity index (χ4n) is 5.24. The Kier molecular flexibility index (Phi) is 6.96. The first-order chi connectivity index (χ1) is 20.3. The van der Waals surface area contributed by atoms with Gasteiger partial charge in [0, 0.05) is 35.0 Å². The van der Waals surface area contributed by atoms with Gasteiger partial charge < -0.3 is 10.4 Å². The third kappa shape index (κ3) is 4.99. The Morgan fingerprint density at radius 2 is 1.67 bits per heavy atom. The van der Waals surface area contributed by atoms with E-state index in [1.807, 2.05) is 80.6 Å². The molecule has 0 spiro atoms. The SMILES string of the molecule is Cc1cc(-c2cccc3cc([C@H](C)Nc4nc(C)ncc4-c4ccc(O)c(F)c4)n(-c4ccccc4)c(=O)c23)ccn1. The predicted molar refractivity (Wildman–Crippen MR) is 163 cm³/mol. The molecule has 0 aliphatic rings. The minimum Gasteiger partial charge on any atom is -0.505 e. The fourth-order valence-corrected chi connectivity index (χ4v) is 5.24. The number of rotatable bonds is 6. The second-order valence-corrected chi connectivity index (χ2v) is 10.2. The third-order valence-corrected chi connectivity index (χ3v) is 7.26. The van der Waals surface area contributed by atoms with Crippen LogP contribution in [0.25, 0.3) is 38.7 Å². The van der Waals surface area contributed by atoms with Gasteiger partial charge >= 0.3 is 0 Å². The van der Waals surface area contributed by atoms with E-state index in [9.17, 15) is 14.3 Å². The van der Waals surface area contributed by atoms with Gasteiger partial charge in [-0.2, -0.15) is 0 Å². The van der Waals surface area contributed by atoms with E-state index in [-0.39, 0.29) is 5.56 Å². The number of fused-ring (bicyclic) bond motifs is 1. The maximum atomic E-state index is 14.4. The molecule has 1 atom stereocenters. The van der Waals surface area contributed by atoms with E-state index >= 15 is 0 Å². The van der Waals surface area contributed by atoms with Crippen molar-refractivity contribution < 1.29 is 9.50 Å². The molecule has 0 saturated carbocycles. The number of hydrogen-bond donors (Lipinski definition) is 2. The van der Waals surface area contributed by atoms with E-state index in [1.54, 1.807) is 30.0 Å². The summed E-state index contributed by atoms with van der Waals surface area (Å²) in [4.78, 5) is 27.7. The van der Waals surface area contributed by atoms with Gasteiger partial charge in [0.15, 0.2) is 11.6 Å². The maximum Gasteiger partial charge on any atom is 0.263 e. The van der Waals surface area contributed by atoms with E-state index in [1.165, 1.54) is 12.1 Å². The highest BCUT2D eigenvalue weighted by Crippen LogP contribution is 2.33. The number of hydrogen-bond acceptors (Lipinski definition) is 6. The van der Waals surface area contributed by atoms with Crippen LogP contribution < -0.4 is 10.9 Å². The molecular formula is C34H28FN5O2. The first-order valence-electron chi connectivity index (χ1n) is 13.6. The zero-order chi connectivity index (χ0) is 29.4. The molecule has 6 rings (SSSR count). The maximum absolute atomic E-state index is 14.4. The highest BCUT2D eigenvalue weighted by molar-refractivity contribution is 5.96. The van der Waals surface area contributed by atoms with Gasteiger partial charge in [0.1, 0.15) is 11.6 Å². The highest BCUT2D eigenvalue weighted by atomic mass is 19.1. The van der Waals surface area contributed by atoms with E-state index in [4.69, 9.17) is 0 Å². The lowest BCUT2D eigenvalue weighted by Crippen LogP contribution is -2.26. The molecule has 0 radical (unpaired) electrons. The molecule has 0 aliphatic heterocycles. The van der Waals surface area contributed by atoms with E-state index in [0.717, 1.165) is 33.6 Å². The number of phenolic OH excluding ortho intramolecular Hbond substituents is 1. The molecule has 0 bridgehead atoms. The number of halogens is 1. The summed E-state index contributed by atoms with van der Waals surface area (Å²) in [6.07, 6.45) is 3.37. The van der Waals surface area contributed by atoms with Crippen molar-refractivity contribution in [2.24, 2.45) is 0 Å². The molecule has 42 heavy (non-hydrogen) atoms. The Bertz CT molecular complexity index is 2010. The molecule has 8 heteroatoms. The van der Waals surface area contributed by atoms with E-state index < -0.39 is 17.6 Å². The number of pyridine rings is 2. The van der Waals surface area contributed by atoms with Crippen molar-refractivity contribution in [3.05, 3.63) is 131 Å². The van der Waals surface area contributed by atoms with Crippen LogP contribution in [0, 0.1) is 19.7 Å². The van der Waals surface area contributed by atoms with Crippen LogP contribution in [0.1, 0.15) is 30.2 Å². The number of nitrogens with zero attached hydrogens (tertiary/aromatic N) is 4. The minimum atomic E-state index is -0.736. The minimum absolute atomic E-state index is 0.146.